The zero-order valence-electron chi connectivity index (χ0n) is 6.72. The second kappa shape index (κ2) is 3.19. The first-order valence-electron chi connectivity index (χ1n) is 3.53. The van der Waals surface area contributed by atoms with Crippen LogP contribution in [0.3, 0.4) is 0 Å². The predicted molar refractivity (Wildman–Crippen MR) is 45.1 cm³/mol. The maximum absolute atomic E-state index is 10.8. The maximum atomic E-state index is 10.8. The predicted octanol–water partition coefficient (Wildman–Crippen LogP) is 2.01. The quantitative estimate of drug-likeness (QED) is 0.641. The van der Waals surface area contributed by atoms with Crippen molar-refractivity contribution >= 4 is 11.9 Å². The highest BCUT2D eigenvalue weighted by molar-refractivity contribution is 5.96. The van der Waals surface area contributed by atoms with Crippen LogP contribution in [0.2, 0.25) is 0 Å². The average molecular weight is 149 g/mol. The van der Waals surface area contributed by atoms with Crippen LogP contribution in [0.1, 0.15) is 19.5 Å². The first-order valence-corrected chi connectivity index (χ1v) is 3.53. The molecule has 0 aliphatic heterocycles. The molecule has 1 aromatic heterocycles. The molecule has 0 fully saturated rings. The van der Waals surface area contributed by atoms with E-state index in [9.17, 15) is 4.79 Å². The van der Waals surface area contributed by atoms with Crippen LogP contribution < -0.4 is 0 Å². The molecule has 0 saturated carbocycles. The number of aromatic amines is 1. The lowest BCUT2D eigenvalue weighted by molar-refractivity contribution is -0.113. The number of aromatic nitrogens is 1. The van der Waals surface area contributed by atoms with Crippen molar-refractivity contribution < 1.29 is 4.79 Å². The maximum Gasteiger partial charge on any atom is 0.155 e. The molecule has 2 nitrogen and oxygen atoms in total. The van der Waals surface area contributed by atoms with E-state index in [0.29, 0.717) is 0 Å². The summed E-state index contributed by atoms with van der Waals surface area (Å²) in [7, 11) is 0. The van der Waals surface area contributed by atoms with Gasteiger partial charge in [-0.1, -0.05) is 0 Å². The van der Waals surface area contributed by atoms with E-state index >= 15 is 0 Å². The minimum Gasteiger partial charge on any atom is -0.362 e. The third kappa shape index (κ3) is 2.08. The molecule has 0 spiro atoms. The van der Waals surface area contributed by atoms with Gasteiger partial charge in [0.1, 0.15) is 0 Å². The smallest absolute Gasteiger partial charge is 0.155 e. The van der Waals surface area contributed by atoms with Gasteiger partial charge in [-0.05, 0) is 37.6 Å². The number of ketones is 1. The largest absolute Gasteiger partial charge is 0.362 e. The molecule has 2 heteroatoms. The standard InChI is InChI=1S/C9H11NO/c1-7(8(2)11)6-9-4-3-5-10-9/h3-6,10H,1-2H3/b7-6+. The fourth-order valence-electron chi connectivity index (χ4n) is 0.769. The van der Waals surface area contributed by atoms with Crippen molar-refractivity contribution in [1.29, 1.82) is 0 Å². The number of hydrogen-bond donors (Lipinski definition) is 1. The first-order chi connectivity index (χ1) is 5.20. The third-order valence-corrected chi connectivity index (χ3v) is 1.55. The summed E-state index contributed by atoms with van der Waals surface area (Å²) in [6.07, 6.45) is 3.67. The van der Waals surface area contributed by atoms with Crippen LogP contribution in [0.4, 0.5) is 0 Å². The second-order valence-electron chi connectivity index (χ2n) is 2.51. The van der Waals surface area contributed by atoms with E-state index in [1.807, 2.05) is 31.3 Å². The van der Waals surface area contributed by atoms with E-state index in [-0.39, 0.29) is 5.78 Å². The Balaban J connectivity index is 2.82. The fraction of sp³-hybridized carbons (Fsp3) is 0.222. The van der Waals surface area contributed by atoms with Gasteiger partial charge in [0.2, 0.25) is 0 Å². The summed E-state index contributed by atoms with van der Waals surface area (Å²) in [5, 5.41) is 0. The zero-order valence-corrected chi connectivity index (χ0v) is 6.72. The Morgan fingerprint density at radius 2 is 2.27 bits per heavy atom. The lowest BCUT2D eigenvalue weighted by atomic mass is 10.2. The van der Waals surface area contributed by atoms with Gasteiger partial charge in [-0.2, -0.15) is 0 Å². The number of H-pyrrole nitrogens is 1. The number of Topliss-reactive ketones (excluding diaryl/α,β-unsaturated/α-hetero) is 1. The van der Waals surface area contributed by atoms with Gasteiger partial charge >= 0.3 is 0 Å². The molecule has 0 amide bonds. The average Bonchev–Trinajstić information content (AvgIpc) is 2.39. The second-order valence-corrected chi connectivity index (χ2v) is 2.51. The van der Waals surface area contributed by atoms with Gasteiger partial charge in [0.25, 0.3) is 0 Å². The molecular formula is C9H11NO. The Morgan fingerprint density at radius 3 is 2.73 bits per heavy atom. The van der Waals surface area contributed by atoms with Crippen molar-refractivity contribution in [3.05, 3.63) is 29.6 Å². The van der Waals surface area contributed by atoms with Crippen molar-refractivity contribution in [3.8, 4) is 0 Å². The van der Waals surface area contributed by atoms with Crippen molar-refractivity contribution in [3.63, 3.8) is 0 Å². The normalized spacial score (nSPS) is 11.6. The molecule has 1 rings (SSSR count). The molecule has 0 radical (unpaired) electrons. The topological polar surface area (TPSA) is 32.9 Å². The Bertz CT molecular complexity index is 270. The highest BCUT2D eigenvalue weighted by Crippen LogP contribution is 2.03. The van der Waals surface area contributed by atoms with Gasteiger partial charge in [-0.3, -0.25) is 4.79 Å². The number of rotatable bonds is 2. The lowest BCUT2D eigenvalue weighted by Gasteiger charge is -1.91. The first kappa shape index (κ1) is 7.79. The summed E-state index contributed by atoms with van der Waals surface area (Å²) in [5.41, 5.74) is 1.74. The molecular weight excluding hydrogens is 138 g/mol. The Hall–Kier alpha value is -1.31. The SMILES string of the molecule is CC(=O)/C(C)=C/c1ccc[nH]1. The van der Waals surface area contributed by atoms with E-state index in [1.54, 1.807) is 6.92 Å². The van der Waals surface area contributed by atoms with E-state index in [4.69, 9.17) is 0 Å². The molecule has 0 atom stereocenters. The summed E-state index contributed by atoms with van der Waals surface area (Å²) in [4.78, 5) is 13.8. The number of carbonyl (C=O) groups excluding carboxylic acids is 1. The van der Waals surface area contributed by atoms with Crippen LogP contribution in [0.15, 0.2) is 23.9 Å². The number of hydrogen-bond acceptors (Lipinski definition) is 1. The molecule has 0 unspecified atom stereocenters. The fourth-order valence-corrected chi connectivity index (χ4v) is 0.769. The van der Waals surface area contributed by atoms with Gasteiger partial charge in [-0.25, -0.2) is 0 Å². The van der Waals surface area contributed by atoms with E-state index in [2.05, 4.69) is 4.98 Å². The van der Waals surface area contributed by atoms with Gasteiger partial charge in [0.05, 0.1) is 0 Å². The van der Waals surface area contributed by atoms with Crippen LogP contribution >= 0.6 is 0 Å². The highest BCUT2D eigenvalue weighted by Gasteiger charge is 1.95. The van der Waals surface area contributed by atoms with E-state index in [0.717, 1.165) is 11.3 Å². The molecule has 0 aliphatic rings. The molecule has 0 saturated heterocycles. The van der Waals surface area contributed by atoms with Crippen molar-refractivity contribution in [1.82, 2.24) is 4.98 Å². The Kier molecular flexibility index (Phi) is 2.26. The lowest BCUT2D eigenvalue weighted by Crippen LogP contribution is -1.90. The van der Waals surface area contributed by atoms with Gasteiger partial charge in [-0.15, -0.1) is 0 Å². The monoisotopic (exact) mass is 149 g/mol. The molecule has 0 aliphatic carbocycles. The highest BCUT2D eigenvalue weighted by atomic mass is 16.1. The number of nitrogens with one attached hydrogen (secondary N) is 1. The van der Waals surface area contributed by atoms with Crippen molar-refractivity contribution in [2.75, 3.05) is 0 Å². The molecule has 0 bridgehead atoms. The minimum atomic E-state index is 0.111. The zero-order chi connectivity index (χ0) is 8.27. The van der Waals surface area contributed by atoms with E-state index < -0.39 is 0 Å². The van der Waals surface area contributed by atoms with Gasteiger partial charge in [0.15, 0.2) is 5.78 Å². The summed E-state index contributed by atoms with van der Waals surface area (Å²) < 4.78 is 0. The Morgan fingerprint density at radius 1 is 1.55 bits per heavy atom. The number of carbonyl (C=O) groups is 1. The van der Waals surface area contributed by atoms with Crippen LogP contribution in [-0.4, -0.2) is 10.8 Å². The Labute approximate surface area is 65.9 Å². The molecule has 1 heterocycles. The van der Waals surface area contributed by atoms with Gasteiger partial charge < -0.3 is 4.98 Å². The van der Waals surface area contributed by atoms with Crippen LogP contribution in [0, 0.1) is 0 Å². The molecule has 58 valence electrons. The van der Waals surface area contributed by atoms with E-state index in [1.165, 1.54) is 0 Å². The molecule has 1 N–H and O–H groups in total. The molecule has 0 aromatic carbocycles. The third-order valence-electron chi connectivity index (χ3n) is 1.55. The summed E-state index contributed by atoms with van der Waals surface area (Å²) in [6, 6.07) is 3.83. The van der Waals surface area contributed by atoms with Crippen molar-refractivity contribution in [2.45, 2.75) is 13.8 Å². The minimum absolute atomic E-state index is 0.111. The summed E-state index contributed by atoms with van der Waals surface area (Å²) >= 11 is 0. The van der Waals surface area contributed by atoms with Crippen LogP contribution in [0.25, 0.3) is 6.08 Å². The summed E-state index contributed by atoms with van der Waals surface area (Å²) in [6.45, 7) is 3.37. The number of allylic oxidation sites excluding steroid dienone is 1. The van der Waals surface area contributed by atoms with Crippen molar-refractivity contribution in [2.24, 2.45) is 0 Å². The van der Waals surface area contributed by atoms with Crippen LogP contribution in [-0.2, 0) is 4.79 Å². The van der Waals surface area contributed by atoms with Gasteiger partial charge in [0, 0.05) is 11.9 Å². The molecule has 1 aromatic rings. The summed E-state index contributed by atoms with van der Waals surface area (Å²) in [5.74, 6) is 0.111. The molecule has 11 heavy (non-hydrogen) atoms. The van der Waals surface area contributed by atoms with Crippen LogP contribution in [0.5, 0.6) is 0 Å².